The first-order valence-electron chi connectivity index (χ1n) is 7.61. The second-order valence-electron chi connectivity index (χ2n) is 6.03. The molecule has 0 aliphatic heterocycles. The minimum absolute atomic E-state index is 0.421. The maximum absolute atomic E-state index is 6.53. The lowest BCUT2D eigenvalue weighted by Gasteiger charge is -2.34. The molecule has 0 heterocycles. The van der Waals surface area contributed by atoms with E-state index in [9.17, 15) is 0 Å². The molecule has 2 heteroatoms. The van der Waals surface area contributed by atoms with Gasteiger partial charge in [0.2, 0.25) is 0 Å². The first-order chi connectivity index (χ1) is 9.13. The highest BCUT2D eigenvalue weighted by atomic mass is 35.5. The van der Waals surface area contributed by atoms with Crippen LogP contribution in [0.4, 0.5) is 0 Å². The summed E-state index contributed by atoms with van der Waals surface area (Å²) in [7, 11) is 0. The highest BCUT2D eigenvalue weighted by Gasteiger charge is 2.28. The number of benzene rings is 1. The van der Waals surface area contributed by atoms with E-state index < -0.39 is 0 Å². The van der Waals surface area contributed by atoms with Gasteiger partial charge in [0.25, 0.3) is 0 Å². The minimum atomic E-state index is 0.421. The molecule has 1 aromatic rings. The Labute approximate surface area is 122 Å². The average molecular weight is 280 g/mol. The van der Waals surface area contributed by atoms with E-state index in [1.54, 1.807) is 0 Å². The van der Waals surface area contributed by atoms with E-state index in [0.717, 1.165) is 23.4 Å². The monoisotopic (exact) mass is 279 g/mol. The molecule has 1 aliphatic rings. The summed E-state index contributed by atoms with van der Waals surface area (Å²) in [5.41, 5.74) is 2.48. The summed E-state index contributed by atoms with van der Waals surface area (Å²) < 4.78 is 0. The SMILES string of the molecule is CCNC(c1cccc(C)c1Cl)C1CCC(C)CC1. The van der Waals surface area contributed by atoms with E-state index in [-0.39, 0.29) is 0 Å². The molecule has 1 fully saturated rings. The van der Waals surface area contributed by atoms with Gasteiger partial charge in [-0.3, -0.25) is 0 Å². The molecule has 1 aromatic carbocycles. The average Bonchev–Trinajstić information content (AvgIpc) is 2.41. The normalized spacial score (nSPS) is 25.3. The van der Waals surface area contributed by atoms with Crippen LogP contribution in [0.2, 0.25) is 5.02 Å². The Hall–Kier alpha value is -0.530. The van der Waals surface area contributed by atoms with Crippen molar-refractivity contribution in [1.29, 1.82) is 0 Å². The van der Waals surface area contributed by atoms with Crippen molar-refractivity contribution in [2.75, 3.05) is 6.54 Å². The second kappa shape index (κ2) is 6.76. The summed E-state index contributed by atoms with van der Waals surface area (Å²) in [6.07, 6.45) is 5.36. The van der Waals surface area contributed by atoms with E-state index >= 15 is 0 Å². The van der Waals surface area contributed by atoms with Crippen molar-refractivity contribution in [3.8, 4) is 0 Å². The number of aryl methyl sites for hydroxylation is 1. The summed E-state index contributed by atoms with van der Waals surface area (Å²) >= 11 is 6.53. The van der Waals surface area contributed by atoms with Gasteiger partial charge in [0.05, 0.1) is 0 Å². The van der Waals surface area contributed by atoms with Crippen LogP contribution in [0, 0.1) is 18.8 Å². The molecule has 19 heavy (non-hydrogen) atoms. The second-order valence-corrected chi connectivity index (χ2v) is 6.41. The van der Waals surface area contributed by atoms with Gasteiger partial charge >= 0.3 is 0 Å². The van der Waals surface area contributed by atoms with Gasteiger partial charge in [0, 0.05) is 11.1 Å². The van der Waals surface area contributed by atoms with Crippen LogP contribution < -0.4 is 5.32 Å². The Morgan fingerprint density at radius 3 is 2.58 bits per heavy atom. The van der Waals surface area contributed by atoms with E-state index in [0.29, 0.717) is 6.04 Å². The van der Waals surface area contributed by atoms with Crippen molar-refractivity contribution in [2.45, 2.75) is 52.5 Å². The molecule has 106 valence electrons. The molecule has 0 saturated heterocycles. The van der Waals surface area contributed by atoms with E-state index in [1.165, 1.54) is 36.8 Å². The highest BCUT2D eigenvalue weighted by molar-refractivity contribution is 6.32. The quantitative estimate of drug-likeness (QED) is 0.806. The third-order valence-corrected chi connectivity index (χ3v) is 5.03. The maximum Gasteiger partial charge on any atom is 0.0483 e. The predicted octanol–water partition coefficient (Wildman–Crippen LogP) is 5.13. The van der Waals surface area contributed by atoms with Crippen LogP contribution in [0.15, 0.2) is 18.2 Å². The van der Waals surface area contributed by atoms with Crippen LogP contribution in [0.1, 0.15) is 56.7 Å². The fourth-order valence-electron chi connectivity index (χ4n) is 3.28. The van der Waals surface area contributed by atoms with Gasteiger partial charge in [0.15, 0.2) is 0 Å². The highest BCUT2D eigenvalue weighted by Crippen LogP contribution is 2.39. The van der Waals surface area contributed by atoms with Crippen molar-refractivity contribution in [3.05, 3.63) is 34.3 Å². The third-order valence-electron chi connectivity index (χ3n) is 4.51. The smallest absolute Gasteiger partial charge is 0.0483 e. The van der Waals surface area contributed by atoms with E-state index in [1.807, 2.05) is 0 Å². The standard InChI is InChI=1S/C17H26ClN/c1-4-19-17(14-10-8-12(2)9-11-14)15-7-5-6-13(3)16(15)18/h5-7,12,14,17,19H,4,8-11H2,1-3H3. The van der Waals surface area contributed by atoms with Gasteiger partial charge in [-0.05, 0) is 49.3 Å². The zero-order chi connectivity index (χ0) is 13.8. The molecule has 1 saturated carbocycles. The van der Waals surface area contributed by atoms with Crippen molar-refractivity contribution in [3.63, 3.8) is 0 Å². The third kappa shape index (κ3) is 3.52. The first-order valence-corrected chi connectivity index (χ1v) is 7.99. The van der Waals surface area contributed by atoms with Crippen molar-refractivity contribution >= 4 is 11.6 Å². The fraction of sp³-hybridized carbons (Fsp3) is 0.647. The molecule has 1 nitrogen and oxygen atoms in total. The van der Waals surface area contributed by atoms with Gasteiger partial charge in [-0.15, -0.1) is 0 Å². The van der Waals surface area contributed by atoms with Gasteiger partial charge in [0.1, 0.15) is 0 Å². The number of nitrogens with one attached hydrogen (secondary N) is 1. The Bertz CT molecular complexity index is 408. The van der Waals surface area contributed by atoms with E-state index in [2.05, 4.69) is 44.3 Å². The number of hydrogen-bond acceptors (Lipinski definition) is 1. The van der Waals surface area contributed by atoms with Crippen molar-refractivity contribution < 1.29 is 0 Å². The zero-order valence-corrected chi connectivity index (χ0v) is 13.1. The summed E-state index contributed by atoms with van der Waals surface area (Å²) in [5.74, 6) is 1.63. The Kier molecular flexibility index (Phi) is 5.29. The van der Waals surface area contributed by atoms with Gasteiger partial charge in [-0.1, -0.05) is 56.5 Å². The van der Waals surface area contributed by atoms with Crippen LogP contribution in [0.25, 0.3) is 0 Å². The van der Waals surface area contributed by atoms with Crippen LogP contribution >= 0.6 is 11.6 Å². The summed E-state index contributed by atoms with van der Waals surface area (Å²) in [6, 6.07) is 6.84. The number of halogens is 1. The lowest BCUT2D eigenvalue weighted by molar-refractivity contribution is 0.233. The van der Waals surface area contributed by atoms with Crippen molar-refractivity contribution in [2.24, 2.45) is 11.8 Å². The molecule has 1 atom stereocenters. The minimum Gasteiger partial charge on any atom is -0.310 e. The Morgan fingerprint density at radius 1 is 1.26 bits per heavy atom. The van der Waals surface area contributed by atoms with Crippen LogP contribution in [0.3, 0.4) is 0 Å². The Balaban J connectivity index is 2.22. The van der Waals surface area contributed by atoms with Gasteiger partial charge in [-0.25, -0.2) is 0 Å². The molecule has 0 aromatic heterocycles. The zero-order valence-electron chi connectivity index (χ0n) is 12.4. The molecule has 1 aliphatic carbocycles. The summed E-state index contributed by atoms with van der Waals surface area (Å²) in [5, 5.41) is 4.62. The molecule has 1 N–H and O–H groups in total. The predicted molar refractivity (Wildman–Crippen MR) is 83.7 cm³/mol. The fourth-order valence-corrected chi connectivity index (χ4v) is 3.52. The largest absolute Gasteiger partial charge is 0.310 e. The van der Waals surface area contributed by atoms with E-state index in [4.69, 9.17) is 11.6 Å². The van der Waals surface area contributed by atoms with Gasteiger partial charge < -0.3 is 5.32 Å². The molecule has 0 radical (unpaired) electrons. The molecular formula is C17H26ClN. The van der Waals surface area contributed by atoms with Crippen LogP contribution in [-0.2, 0) is 0 Å². The van der Waals surface area contributed by atoms with Crippen LogP contribution in [0.5, 0.6) is 0 Å². The molecule has 0 bridgehead atoms. The lowest BCUT2D eigenvalue weighted by atomic mass is 9.77. The summed E-state index contributed by atoms with van der Waals surface area (Å²) in [6.45, 7) is 7.65. The number of hydrogen-bond donors (Lipinski definition) is 1. The topological polar surface area (TPSA) is 12.0 Å². The molecule has 2 rings (SSSR count). The molecule has 0 amide bonds. The van der Waals surface area contributed by atoms with Crippen molar-refractivity contribution in [1.82, 2.24) is 5.32 Å². The maximum atomic E-state index is 6.53. The summed E-state index contributed by atoms with van der Waals surface area (Å²) in [4.78, 5) is 0. The van der Waals surface area contributed by atoms with Gasteiger partial charge in [-0.2, -0.15) is 0 Å². The van der Waals surface area contributed by atoms with Crippen LogP contribution in [-0.4, -0.2) is 6.54 Å². The Morgan fingerprint density at radius 2 is 1.95 bits per heavy atom. The number of rotatable bonds is 4. The molecule has 0 spiro atoms. The molecule has 1 unspecified atom stereocenters. The first kappa shape index (κ1) is 14.9. The lowest BCUT2D eigenvalue weighted by Crippen LogP contribution is -2.31. The molecular weight excluding hydrogens is 254 g/mol.